The summed E-state index contributed by atoms with van der Waals surface area (Å²) >= 11 is 1.65. The number of aliphatic imine (C=N–C) groups is 1. The molecule has 0 aliphatic heterocycles. The number of carbonyl (C=O) groups excluding carboxylic acids is 1. The van der Waals surface area contributed by atoms with Gasteiger partial charge in [-0.15, -0.1) is 11.3 Å². The summed E-state index contributed by atoms with van der Waals surface area (Å²) in [5, 5.41) is 4.09. The summed E-state index contributed by atoms with van der Waals surface area (Å²) in [6, 6.07) is 4.00. The van der Waals surface area contributed by atoms with Gasteiger partial charge in [0.25, 0.3) is 5.91 Å². The first kappa shape index (κ1) is 22.6. The van der Waals surface area contributed by atoms with Crippen LogP contribution in [-0.2, 0) is 12.8 Å². The minimum absolute atomic E-state index is 0.0355. The molecular formula is C25H32N2O4S. The number of ether oxygens (including phenoxy) is 3. The van der Waals surface area contributed by atoms with Crippen molar-refractivity contribution in [3.63, 3.8) is 0 Å². The zero-order valence-corrected chi connectivity index (χ0v) is 20.0. The molecule has 1 aromatic heterocycles. The highest BCUT2D eigenvalue weighted by Gasteiger charge is 2.27. The molecule has 0 bridgehead atoms. The predicted octanol–water partition coefficient (Wildman–Crippen LogP) is 5.47. The van der Waals surface area contributed by atoms with E-state index in [4.69, 9.17) is 19.2 Å². The van der Waals surface area contributed by atoms with Gasteiger partial charge in [0.05, 0.1) is 26.9 Å². The number of methoxy groups -OCH3 is 3. The molecule has 0 spiro atoms. The normalized spacial score (nSPS) is 16.6. The summed E-state index contributed by atoms with van der Waals surface area (Å²) in [5.74, 6) is 1.74. The molecule has 32 heavy (non-hydrogen) atoms. The number of nitrogens with one attached hydrogen (secondary N) is 1. The van der Waals surface area contributed by atoms with Crippen LogP contribution < -0.4 is 19.5 Å². The van der Waals surface area contributed by atoms with Gasteiger partial charge in [-0.2, -0.15) is 0 Å². The Morgan fingerprint density at radius 2 is 1.69 bits per heavy atom. The number of thiophene rings is 1. The van der Waals surface area contributed by atoms with E-state index < -0.39 is 0 Å². The van der Waals surface area contributed by atoms with Crippen LogP contribution in [0.5, 0.6) is 17.2 Å². The van der Waals surface area contributed by atoms with Gasteiger partial charge in [-0.3, -0.25) is 4.79 Å². The van der Waals surface area contributed by atoms with E-state index in [0.29, 0.717) is 17.2 Å². The molecular weight excluding hydrogens is 424 g/mol. The van der Waals surface area contributed by atoms with Crippen LogP contribution in [0.1, 0.15) is 71.3 Å². The highest BCUT2D eigenvalue weighted by Crippen LogP contribution is 2.41. The maximum Gasteiger partial charge on any atom is 0.254 e. The summed E-state index contributed by atoms with van der Waals surface area (Å²) in [6.07, 6.45) is 11.9. The zero-order chi connectivity index (χ0) is 22.5. The van der Waals surface area contributed by atoms with E-state index in [-0.39, 0.29) is 11.9 Å². The molecule has 1 N–H and O–H groups in total. The number of aryl methyl sites for hydroxylation is 1. The van der Waals surface area contributed by atoms with E-state index in [1.807, 2.05) is 12.1 Å². The van der Waals surface area contributed by atoms with E-state index in [9.17, 15) is 4.79 Å². The number of amides is 1. The van der Waals surface area contributed by atoms with Gasteiger partial charge in [0.2, 0.25) is 5.75 Å². The molecule has 1 amide bonds. The number of carbonyl (C=O) groups is 1. The number of hydrogen-bond acceptors (Lipinski definition) is 6. The summed E-state index contributed by atoms with van der Waals surface area (Å²) in [7, 11) is 4.78. The third kappa shape index (κ3) is 4.77. The van der Waals surface area contributed by atoms with E-state index in [1.165, 1.54) is 36.1 Å². The molecule has 0 saturated heterocycles. The van der Waals surface area contributed by atoms with Gasteiger partial charge in [0, 0.05) is 22.7 Å². The van der Waals surface area contributed by atoms with Gasteiger partial charge in [-0.1, -0.05) is 19.3 Å². The zero-order valence-electron chi connectivity index (χ0n) is 19.2. The highest BCUT2D eigenvalue weighted by atomic mass is 32.1. The average molecular weight is 457 g/mol. The lowest BCUT2D eigenvalue weighted by molar-refractivity contribution is 0.0927. The first-order valence-corrected chi connectivity index (χ1v) is 12.3. The molecule has 1 saturated carbocycles. The van der Waals surface area contributed by atoms with Crippen LogP contribution in [0, 0.1) is 0 Å². The Hall–Kier alpha value is -2.54. The second-order valence-corrected chi connectivity index (χ2v) is 9.50. The van der Waals surface area contributed by atoms with Crippen molar-refractivity contribution in [2.24, 2.45) is 4.99 Å². The van der Waals surface area contributed by atoms with Crippen LogP contribution in [0.2, 0.25) is 0 Å². The SMILES string of the molecule is COc1cc(C=Nc2sc3c(c2C(=O)NC2CCCCC2)CCCC3)cc(OC)c1OC. The van der Waals surface area contributed by atoms with Gasteiger partial charge in [0.1, 0.15) is 5.00 Å². The lowest BCUT2D eigenvalue weighted by Gasteiger charge is -2.23. The van der Waals surface area contributed by atoms with Gasteiger partial charge in [0.15, 0.2) is 11.5 Å². The monoisotopic (exact) mass is 456 g/mol. The minimum atomic E-state index is 0.0355. The van der Waals surface area contributed by atoms with E-state index in [0.717, 1.165) is 48.2 Å². The molecule has 1 heterocycles. The van der Waals surface area contributed by atoms with Crippen molar-refractivity contribution in [3.8, 4) is 17.2 Å². The fourth-order valence-electron chi connectivity index (χ4n) is 4.69. The first-order chi connectivity index (χ1) is 15.6. The Bertz CT molecular complexity index is 967. The summed E-state index contributed by atoms with van der Waals surface area (Å²) in [6.45, 7) is 0. The number of hydrogen-bond donors (Lipinski definition) is 1. The Morgan fingerprint density at radius 1 is 1.00 bits per heavy atom. The van der Waals surface area contributed by atoms with Gasteiger partial charge in [-0.25, -0.2) is 4.99 Å². The smallest absolute Gasteiger partial charge is 0.254 e. The van der Waals surface area contributed by atoms with Gasteiger partial charge >= 0.3 is 0 Å². The average Bonchev–Trinajstić information content (AvgIpc) is 3.21. The van der Waals surface area contributed by atoms with E-state index in [1.54, 1.807) is 38.9 Å². The van der Waals surface area contributed by atoms with Crippen LogP contribution in [0.25, 0.3) is 0 Å². The standard InChI is InChI=1S/C25H32N2O4S/c1-29-19-13-16(14-20(30-2)23(19)31-3)15-26-25-22(18-11-7-8-12-21(18)32-25)24(28)27-17-9-5-4-6-10-17/h13-15,17H,4-12H2,1-3H3,(H,27,28). The van der Waals surface area contributed by atoms with Crippen LogP contribution in [0.4, 0.5) is 5.00 Å². The second-order valence-electron chi connectivity index (χ2n) is 8.42. The Morgan fingerprint density at radius 3 is 2.34 bits per heavy atom. The van der Waals surface area contributed by atoms with Crippen LogP contribution in [0.15, 0.2) is 17.1 Å². The fourth-order valence-corrected chi connectivity index (χ4v) is 5.92. The molecule has 2 aromatic rings. The van der Waals surface area contributed by atoms with Gasteiger partial charge < -0.3 is 19.5 Å². The quantitative estimate of drug-likeness (QED) is 0.561. The Kier molecular flexibility index (Phi) is 7.35. The van der Waals surface area contributed by atoms with Crippen molar-refractivity contribution >= 4 is 28.5 Å². The van der Waals surface area contributed by atoms with Gasteiger partial charge in [-0.05, 0) is 56.2 Å². The van der Waals surface area contributed by atoms with Crippen molar-refractivity contribution in [1.82, 2.24) is 5.32 Å². The topological polar surface area (TPSA) is 69.2 Å². The molecule has 1 fully saturated rings. The molecule has 172 valence electrons. The van der Waals surface area contributed by atoms with Crippen molar-refractivity contribution in [3.05, 3.63) is 33.7 Å². The van der Waals surface area contributed by atoms with Crippen LogP contribution >= 0.6 is 11.3 Å². The summed E-state index contributed by atoms with van der Waals surface area (Å²) < 4.78 is 16.3. The number of nitrogens with zero attached hydrogens (tertiary/aromatic N) is 1. The van der Waals surface area contributed by atoms with Crippen molar-refractivity contribution < 1.29 is 19.0 Å². The third-order valence-electron chi connectivity index (χ3n) is 6.34. The number of fused-ring (bicyclic) bond motifs is 1. The summed E-state index contributed by atoms with van der Waals surface area (Å²) in [4.78, 5) is 19.4. The fraction of sp³-hybridized carbons (Fsp3) is 0.520. The maximum absolute atomic E-state index is 13.3. The molecule has 1 aromatic carbocycles. The molecule has 6 nitrogen and oxygen atoms in total. The van der Waals surface area contributed by atoms with E-state index in [2.05, 4.69) is 5.32 Å². The third-order valence-corrected chi connectivity index (χ3v) is 7.54. The molecule has 2 aliphatic carbocycles. The first-order valence-electron chi connectivity index (χ1n) is 11.4. The van der Waals surface area contributed by atoms with Crippen LogP contribution in [0.3, 0.4) is 0 Å². The lowest BCUT2D eigenvalue weighted by atomic mass is 9.93. The Labute approximate surface area is 194 Å². The highest BCUT2D eigenvalue weighted by molar-refractivity contribution is 7.16. The van der Waals surface area contributed by atoms with Crippen molar-refractivity contribution in [1.29, 1.82) is 0 Å². The second kappa shape index (κ2) is 10.4. The molecule has 7 heteroatoms. The summed E-state index contributed by atoms with van der Waals surface area (Å²) in [5.41, 5.74) is 2.80. The molecule has 4 rings (SSSR count). The lowest BCUT2D eigenvalue weighted by Crippen LogP contribution is -2.36. The van der Waals surface area contributed by atoms with Crippen molar-refractivity contribution in [2.45, 2.75) is 63.8 Å². The maximum atomic E-state index is 13.3. The Balaban J connectivity index is 1.65. The number of benzene rings is 1. The van der Waals surface area contributed by atoms with E-state index >= 15 is 0 Å². The number of rotatable bonds is 7. The largest absolute Gasteiger partial charge is 0.493 e. The van der Waals surface area contributed by atoms with Crippen LogP contribution in [-0.4, -0.2) is 39.5 Å². The predicted molar refractivity (Wildman–Crippen MR) is 129 cm³/mol. The molecule has 0 unspecified atom stereocenters. The molecule has 2 aliphatic rings. The van der Waals surface area contributed by atoms with Crippen molar-refractivity contribution in [2.75, 3.05) is 21.3 Å². The minimum Gasteiger partial charge on any atom is -0.493 e. The molecule has 0 atom stereocenters. The molecule has 0 radical (unpaired) electrons.